The molecule has 1 aromatic heterocycles. The highest BCUT2D eigenvalue weighted by Crippen LogP contribution is 2.39. The van der Waals surface area contributed by atoms with Gasteiger partial charge in [0.2, 0.25) is 17.0 Å². The minimum atomic E-state index is -0.505. The predicted octanol–water partition coefficient (Wildman–Crippen LogP) is 3.35. The summed E-state index contributed by atoms with van der Waals surface area (Å²) in [6.07, 6.45) is 1.92. The number of nitrogens with two attached hydrogens (primary N) is 1. The van der Waals surface area contributed by atoms with Gasteiger partial charge < -0.3 is 20.5 Å². The van der Waals surface area contributed by atoms with Crippen molar-refractivity contribution in [2.24, 2.45) is 5.73 Å². The molecule has 8 nitrogen and oxygen atoms in total. The van der Waals surface area contributed by atoms with E-state index in [2.05, 4.69) is 22.3 Å². The molecule has 1 atom stereocenters. The van der Waals surface area contributed by atoms with Gasteiger partial charge in [-0.15, -0.1) is 5.10 Å². The van der Waals surface area contributed by atoms with Crippen LogP contribution in [0.4, 0.5) is 5.95 Å². The number of nitrogens with one attached hydrogen (secondary N) is 1. The van der Waals surface area contributed by atoms with E-state index in [1.54, 1.807) is 23.6 Å². The van der Waals surface area contributed by atoms with Crippen molar-refractivity contribution in [3.8, 4) is 11.5 Å². The molecule has 0 fully saturated rings. The summed E-state index contributed by atoms with van der Waals surface area (Å²) in [5, 5.41) is 8.45. The van der Waals surface area contributed by atoms with E-state index in [-0.39, 0.29) is 0 Å². The third-order valence-electron chi connectivity index (χ3n) is 4.50. The Labute approximate surface area is 174 Å². The number of aromatic nitrogens is 3. The SMILES string of the molecule is CCCOc1ccc(C2C(C(N)=O)=C(C)Nc3nc(SCCC)nn32)cc1OC. The van der Waals surface area contributed by atoms with Crippen molar-refractivity contribution in [2.45, 2.75) is 44.8 Å². The summed E-state index contributed by atoms with van der Waals surface area (Å²) in [5.41, 5.74) is 7.66. The molecule has 0 saturated heterocycles. The maximum absolute atomic E-state index is 12.3. The maximum atomic E-state index is 12.3. The van der Waals surface area contributed by atoms with Gasteiger partial charge in [0.25, 0.3) is 0 Å². The van der Waals surface area contributed by atoms with Crippen molar-refractivity contribution in [3.63, 3.8) is 0 Å². The molecule has 29 heavy (non-hydrogen) atoms. The summed E-state index contributed by atoms with van der Waals surface area (Å²) < 4.78 is 13.0. The molecular weight excluding hydrogens is 390 g/mol. The number of primary amides is 1. The van der Waals surface area contributed by atoms with Crippen LogP contribution in [0.25, 0.3) is 0 Å². The zero-order valence-corrected chi connectivity index (χ0v) is 18.0. The number of ether oxygens (including phenoxy) is 2. The van der Waals surface area contributed by atoms with Crippen molar-refractivity contribution >= 4 is 23.6 Å². The van der Waals surface area contributed by atoms with Gasteiger partial charge in [-0.2, -0.15) is 4.98 Å². The monoisotopic (exact) mass is 417 g/mol. The molecule has 9 heteroatoms. The molecule has 156 valence electrons. The summed E-state index contributed by atoms with van der Waals surface area (Å²) in [4.78, 5) is 16.9. The Morgan fingerprint density at radius 3 is 2.76 bits per heavy atom. The second-order valence-electron chi connectivity index (χ2n) is 6.70. The Bertz CT molecular complexity index is 925. The zero-order valence-electron chi connectivity index (χ0n) is 17.2. The highest BCUT2D eigenvalue weighted by atomic mass is 32.2. The van der Waals surface area contributed by atoms with E-state index in [9.17, 15) is 4.79 Å². The molecule has 0 spiro atoms. The van der Waals surface area contributed by atoms with Crippen LogP contribution in [0.15, 0.2) is 34.6 Å². The first-order valence-corrected chi connectivity index (χ1v) is 10.7. The molecule has 2 heterocycles. The minimum Gasteiger partial charge on any atom is -0.493 e. The third kappa shape index (κ3) is 4.34. The van der Waals surface area contributed by atoms with Crippen LogP contribution in [-0.4, -0.2) is 40.1 Å². The second-order valence-corrected chi connectivity index (χ2v) is 7.76. The summed E-state index contributed by atoms with van der Waals surface area (Å²) >= 11 is 1.58. The average Bonchev–Trinajstić information content (AvgIpc) is 3.11. The molecule has 1 aliphatic heterocycles. The Kier molecular flexibility index (Phi) is 6.68. The van der Waals surface area contributed by atoms with Crippen molar-refractivity contribution in [3.05, 3.63) is 35.0 Å². The first-order valence-electron chi connectivity index (χ1n) is 9.67. The van der Waals surface area contributed by atoms with Gasteiger partial charge in [-0.3, -0.25) is 4.79 Å². The quantitative estimate of drug-likeness (QED) is 0.603. The largest absolute Gasteiger partial charge is 0.493 e. The lowest BCUT2D eigenvalue weighted by Crippen LogP contribution is -2.31. The Morgan fingerprint density at radius 2 is 2.10 bits per heavy atom. The van der Waals surface area contributed by atoms with Gasteiger partial charge in [0.15, 0.2) is 11.5 Å². The first-order chi connectivity index (χ1) is 14.0. The summed E-state index contributed by atoms with van der Waals surface area (Å²) in [6.45, 7) is 6.57. The van der Waals surface area contributed by atoms with Crippen LogP contribution < -0.4 is 20.5 Å². The lowest BCUT2D eigenvalue weighted by molar-refractivity contribution is -0.115. The van der Waals surface area contributed by atoms with Crippen LogP contribution >= 0.6 is 11.8 Å². The maximum Gasteiger partial charge on any atom is 0.248 e. The number of methoxy groups -OCH3 is 1. The number of fused-ring (bicyclic) bond motifs is 1. The van der Waals surface area contributed by atoms with Crippen molar-refractivity contribution in [1.82, 2.24) is 14.8 Å². The molecule has 0 radical (unpaired) electrons. The lowest BCUT2D eigenvalue weighted by Gasteiger charge is -2.28. The summed E-state index contributed by atoms with van der Waals surface area (Å²) in [6, 6.07) is 5.12. The number of nitrogens with zero attached hydrogens (tertiary/aromatic N) is 3. The first kappa shape index (κ1) is 21.0. The van der Waals surface area contributed by atoms with Gasteiger partial charge in [0.05, 0.1) is 19.3 Å². The van der Waals surface area contributed by atoms with Crippen LogP contribution in [0, 0.1) is 0 Å². The van der Waals surface area contributed by atoms with E-state index in [0.717, 1.165) is 24.2 Å². The van der Waals surface area contributed by atoms with Crippen molar-refractivity contribution in [1.29, 1.82) is 0 Å². The summed E-state index contributed by atoms with van der Waals surface area (Å²) in [7, 11) is 1.59. The van der Waals surface area contributed by atoms with Crippen LogP contribution in [0.1, 0.15) is 45.2 Å². The lowest BCUT2D eigenvalue weighted by atomic mass is 9.95. The van der Waals surface area contributed by atoms with Gasteiger partial charge in [0.1, 0.15) is 6.04 Å². The highest BCUT2D eigenvalue weighted by molar-refractivity contribution is 7.99. The topological polar surface area (TPSA) is 104 Å². The normalized spacial score (nSPS) is 15.7. The van der Waals surface area contributed by atoms with Crippen molar-refractivity contribution in [2.75, 3.05) is 24.8 Å². The number of amides is 1. The molecule has 1 unspecified atom stereocenters. The Morgan fingerprint density at radius 1 is 1.31 bits per heavy atom. The van der Waals surface area contributed by atoms with Gasteiger partial charge in [-0.1, -0.05) is 31.7 Å². The fourth-order valence-corrected chi connectivity index (χ4v) is 3.88. The van der Waals surface area contributed by atoms with E-state index in [4.69, 9.17) is 15.2 Å². The summed E-state index contributed by atoms with van der Waals surface area (Å²) in [5.74, 6) is 2.25. The third-order valence-corrected chi connectivity index (χ3v) is 5.54. The number of carbonyl (C=O) groups excluding carboxylic acids is 1. The number of thioether (sulfide) groups is 1. The van der Waals surface area contributed by atoms with Crippen molar-refractivity contribution < 1.29 is 14.3 Å². The van der Waals surface area contributed by atoms with Crippen LogP contribution in [0.5, 0.6) is 11.5 Å². The number of allylic oxidation sites excluding steroid dienone is 1. The molecule has 2 aromatic rings. The van der Waals surface area contributed by atoms with E-state index >= 15 is 0 Å². The van der Waals surface area contributed by atoms with Gasteiger partial charge in [0, 0.05) is 11.4 Å². The zero-order chi connectivity index (χ0) is 21.0. The average molecular weight is 418 g/mol. The number of benzene rings is 1. The fraction of sp³-hybridized carbons (Fsp3) is 0.450. The number of rotatable bonds is 9. The predicted molar refractivity (Wildman–Crippen MR) is 113 cm³/mol. The molecule has 0 aliphatic carbocycles. The fourth-order valence-electron chi connectivity index (χ4n) is 3.20. The molecule has 1 aliphatic rings. The van der Waals surface area contributed by atoms with E-state index in [1.165, 1.54) is 0 Å². The second kappa shape index (κ2) is 9.21. The number of anilines is 1. The Hall–Kier alpha value is -2.68. The molecule has 3 rings (SSSR count). The number of hydrogen-bond donors (Lipinski definition) is 2. The van der Waals surface area contributed by atoms with Crippen LogP contribution in [0.2, 0.25) is 0 Å². The number of carbonyl (C=O) groups is 1. The van der Waals surface area contributed by atoms with Gasteiger partial charge >= 0.3 is 0 Å². The minimum absolute atomic E-state index is 0.443. The van der Waals surface area contributed by atoms with Crippen LogP contribution in [-0.2, 0) is 4.79 Å². The molecule has 0 bridgehead atoms. The molecule has 1 amide bonds. The Balaban J connectivity index is 2.07. The van der Waals surface area contributed by atoms with Gasteiger partial charge in [-0.25, -0.2) is 4.68 Å². The molecule has 1 aromatic carbocycles. The molecule has 0 saturated carbocycles. The van der Waals surface area contributed by atoms with Gasteiger partial charge in [-0.05, 0) is 37.5 Å². The smallest absolute Gasteiger partial charge is 0.248 e. The van der Waals surface area contributed by atoms with E-state index < -0.39 is 11.9 Å². The van der Waals surface area contributed by atoms with Crippen LogP contribution in [0.3, 0.4) is 0 Å². The molecule has 3 N–H and O–H groups in total. The molecular formula is C20H27N5O3S. The standard InChI is InChI=1S/C20H27N5O3S/c1-5-9-28-14-8-7-13(11-15(14)27-4)17-16(18(21)26)12(3)22-19-23-20(24-25(17)19)29-10-6-2/h7-8,11,17H,5-6,9-10H2,1-4H3,(H2,21,26)(H,22,23,24). The van der Waals surface area contributed by atoms with E-state index in [0.29, 0.717) is 40.5 Å². The highest BCUT2D eigenvalue weighted by Gasteiger charge is 2.33. The number of hydrogen-bond acceptors (Lipinski definition) is 7. The van der Waals surface area contributed by atoms with E-state index in [1.807, 2.05) is 32.0 Å².